The standard InChI is InChI=1S/C27H45N/c1-3-5-6-16-27(19-28)17-15-23-21(18-27)11-12-26-24-10-7-9-20(8-4-2)22(24)13-14-25(23)26/h20-26H,3-18H2,1-2H3. The molecule has 0 bridgehead atoms. The molecule has 1 heteroatoms. The first-order chi connectivity index (χ1) is 13.7. The second kappa shape index (κ2) is 9.10. The highest BCUT2D eigenvalue weighted by atomic mass is 14.6. The third-order valence-corrected chi connectivity index (χ3v) is 9.99. The van der Waals surface area contributed by atoms with Crippen LogP contribution >= 0.6 is 0 Å². The van der Waals surface area contributed by atoms with E-state index in [-0.39, 0.29) is 5.41 Å². The fourth-order valence-corrected chi connectivity index (χ4v) is 8.80. The van der Waals surface area contributed by atoms with Gasteiger partial charge in [0, 0.05) is 0 Å². The minimum absolute atomic E-state index is 0.0391. The van der Waals surface area contributed by atoms with Crippen LogP contribution in [0.1, 0.15) is 117 Å². The van der Waals surface area contributed by atoms with E-state index in [0.717, 1.165) is 41.4 Å². The number of unbranched alkanes of at least 4 members (excludes halogenated alkanes) is 2. The van der Waals surface area contributed by atoms with Gasteiger partial charge in [0.05, 0.1) is 11.5 Å². The third-order valence-electron chi connectivity index (χ3n) is 9.99. The zero-order valence-corrected chi connectivity index (χ0v) is 18.8. The maximum atomic E-state index is 10.0. The van der Waals surface area contributed by atoms with Crippen LogP contribution in [0.3, 0.4) is 0 Å². The molecule has 1 nitrogen and oxygen atoms in total. The molecule has 0 aromatic rings. The molecule has 0 aliphatic heterocycles. The first-order valence-electron chi connectivity index (χ1n) is 13.1. The number of hydrogen-bond acceptors (Lipinski definition) is 1. The van der Waals surface area contributed by atoms with Gasteiger partial charge in [-0.1, -0.05) is 58.8 Å². The van der Waals surface area contributed by atoms with Crippen molar-refractivity contribution in [3.05, 3.63) is 0 Å². The van der Waals surface area contributed by atoms with Crippen LogP contribution in [0.2, 0.25) is 0 Å². The van der Waals surface area contributed by atoms with E-state index in [1.807, 2.05) is 0 Å². The van der Waals surface area contributed by atoms with E-state index < -0.39 is 0 Å². The summed E-state index contributed by atoms with van der Waals surface area (Å²) in [6.45, 7) is 4.67. The molecule has 158 valence electrons. The van der Waals surface area contributed by atoms with Crippen LogP contribution in [0.4, 0.5) is 0 Å². The molecular weight excluding hydrogens is 338 g/mol. The zero-order chi connectivity index (χ0) is 19.6. The summed E-state index contributed by atoms with van der Waals surface area (Å²) in [5, 5.41) is 10.0. The van der Waals surface area contributed by atoms with Crippen LogP contribution in [0.25, 0.3) is 0 Å². The lowest BCUT2D eigenvalue weighted by Crippen LogP contribution is -2.49. The predicted octanol–water partition coefficient (Wildman–Crippen LogP) is 8.15. The highest BCUT2D eigenvalue weighted by Crippen LogP contribution is 2.60. The van der Waals surface area contributed by atoms with E-state index in [4.69, 9.17) is 0 Å². The van der Waals surface area contributed by atoms with Gasteiger partial charge in [0.15, 0.2) is 0 Å². The molecule has 0 aromatic heterocycles. The molecule has 8 atom stereocenters. The molecule has 0 amide bonds. The minimum atomic E-state index is 0.0391. The van der Waals surface area contributed by atoms with Crippen LogP contribution in [0.15, 0.2) is 0 Å². The Balaban J connectivity index is 1.42. The van der Waals surface area contributed by atoms with Crippen molar-refractivity contribution in [3.63, 3.8) is 0 Å². The summed E-state index contributed by atoms with van der Waals surface area (Å²) in [6.07, 6.45) is 22.4. The Morgan fingerprint density at radius 1 is 0.786 bits per heavy atom. The van der Waals surface area contributed by atoms with Gasteiger partial charge in [-0.3, -0.25) is 0 Å². The smallest absolute Gasteiger partial charge is 0.0689 e. The summed E-state index contributed by atoms with van der Waals surface area (Å²) >= 11 is 0. The first-order valence-corrected chi connectivity index (χ1v) is 13.1. The largest absolute Gasteiger partial charge is 0.198 e. The second-order valence-corrected chi connectivity index (χ2v) is 11.3. The van der Waals surface area contributed by atoms with Crippen molar-refractivity contribution in [3.8, 4) is 6.07 Å². The van der Waals surface area contributed by atoms with Crippen molar-refractivity contribution in [2.45, 2.75) is 117 Å². The van der Waals surface area contributed by atoms with Gasteiger partial charge in [-0.25, -0.2) is 0 Å². The summed E-state index contributed by atoms with van der Waals surface area (Å²) in [7, 11) is 0. The topological polar surface area (TPSA) is 23.8 Å². The Morgan fingerprint density at radius 2 is 1.54 bits per heavy atom. The molecule has 4 aliphatic rings. The summed E-state index contributed by atoms with van der Waals surface area (Å²) in [6, 6.07) is 2.85. The Bertz CT molecular complexity index is 545. The van der Waals surface area contributed by atoms with Gasteiger partial charge < -0.3 is 0 Å². The fraction of sp³-hybridized carbons (Fsp3) is 0.963. The molecule has 0 spiro atoms. The lowest BCUT2D eigenvalue weighted by molar-refractivity contribution is -0.0717. The van der Waals surface area contributed by atoms with Crippen LogP contribution < -0.4 is 0 Å². The van der Waals surface area contributed by atoms with E-state index in [2.05, 4.69) is 19.9 Å². The van der Waals surface area contributed by atoms with Gasteiger partial charge in [-0.15, -0.1) is 0 Å². The predicted molar refractivity (Wildman–Crippen MR) is 118 cm³/mol. The highest BCUT2D eigenvalue weighted by molar-refractivity contribution is 5.07. The van der Waals surface area contributed by atoms with Gasteiger partial charge in [-0.2, -0.15) is 5.26 Å². The van der Waals surface area contributed by atoms with Gasteiger partial charge in [-0.05, 0) is 99.2 Å². The van der Waals surface area contributed by atoms with Crippen molar-refractivity contribution >= 4 is 0 Å². The lowest BCUT2D eigenvalue weighted by Gasteiger charge is -2.57. The fourth-order valence-electron chi connectivity index (χ4n) is 8.80. The van der Waals surface area contributed by atoms with E-state index in [9.17, 15) is 5.26 Å². The maximum Gasteiger partial charge on any atom is 0.0689 e. The van der Waals surface area contributed by atoms with Crippen molar-refractivity contribution < 1.29 is 0 Å². The minimum Gasteiger partial charge on any atom is -0.198 e. The molecule has 8 unspecified atom stereocenters. The summed E-state index contributed by atoms with van der Waals surface area (Å²) in [5.41, 5.74) is 0.0391. The van der Waals surface area contributed by atoms with E-state index in [0.29, 0.717) is 0 Å². The Labute approximate surface area is 175 Å². The van der Waals surface area contributed by atoms with E-state index >= 15 is 0 Å². The first kappa shape index (κ1) is 20.8. The van der Waals surface area contributed by atoms with Crippen LogP contribution in [0, 0.1) is 58.2 Å². The second-order valence-electron chi connectivity index (χ2n) is 11.3. The number of fused-ring (bicyclic) bond motifs is 5. The van der Waals surface area contributed by atoms with Crippen molar-refractivity contribution in [1.29, 1.82) is 5.26 Å². The number of nitriles is 1. The van der Waals surface area contributed by atoms with Gasteiger partial charge >= 0.3 is 0 Å². The highest BCUT2D eigenvalue weighted by Gasteiger charge is 2.52. The van der Waals surface area contributed by atoms with Gasteiger partial charge in [0.2, 0.25) is 0 Å². The van der Waals surface area contributed by atoms with Crippen molar-refractivity contribution in [2.24, 2.45) is 46.8 Å². The quantitative estimate of drug-likeness (QED) is 0.424. The molecule has 0 radical (unpaired) electrons. The Morgan fingerprint density at radius 3 is 2.32 bits per heavy atom. The molecule has 4 rings (SSSR count). The van der Waals surface area contributed by atoms with E-state index in [1.165, 1.54) is 89.9 Å². The Hall–Kier alpha value is -0.510. The number of nitrogens with zero attached hydrogens (tertiary/aromatic N) is 1. The lowest BCUT2D eigenvalue weighted by atomic mass is 9.48. The normalized spacial score (nSPS) is 45.4. The van der Waals surface area contributed by atoms with Crippen LogP contribution in [-0.4, -0.2) is 0 Å². The number of hydrogen-bond donors (Lipinski definition) is 0. The summed E-state index contributed by atoms with van der Waals surface area (Å²) in [5.74, 6) is 7.11. The Kier molecular flexibility index (Phi) is 6.74. The SMILES string of the molecule is CCCCCC1(C#N)CCC2C(CCC3C4CCCC(CCC)C4CCC23)C1. The average Bonchev–Trinajstić information content (AvgIpc) is 2.73. The zero-order valence-electron chi connectivity index (χ0n) is 18.8. The molecule has 28 heavy (non-hydrogen) atoms. The van der Waals surface area contributed by atoms with Gasteiger partial charge in [0.25, 0.3) is 0 Å². The maximum absolute atomic E-state index is 10.0. The van der Waals surface area contributed by atoms with Gasteiger partial charge in [0.1, 0.15) is 0 Å². The molecule has 0 heterocycles. The molecule has 0 aromatic carbocycles. The van der Waals surface area contributed by atoms with Crippen LogP contribution in [0.5, 0.6) is 0 Å². The molecule has 4 saturated carbocycles. The number of rotatable bonds is 6. The molecule has 0 saturated heterocycles. The molecule has 4 fully saturated rings. The van der Waals surface area contributed by atoms with Crippen molar-refractivity contribution in [1.82, 2.24) is 0 Å². The summed E-state index contributed by atoms with van der Waals surface area (Å²) in [4.78, 5) is 0. The molecule has 4 aliphatic carbocycles. The van der Waals surface area contributed by atoms with Crippen LogP contribution in [-0.2, 0) is 0 Å². The summed E-state index contributed by atoms with van der Waals surface area (Å²) < 4.78 is 0. The van der Waals surface area contributed by atoms with E-state index in [1.54, 1.807) is 12.8 Å². The van der Waals surface area contributed by atoms with Crippen molar-refractivity contribution in [2.75, 3.05) is 0 Å². The third kappa shape index (κ3) is 3.91. The monoisotopic (exact) mass is 383 g/mol. The molecule has 0 N–H and O–H groups in total. The average molecular weight is 384 g/mol. The molecular formula is C27H45N.